The summed E-state index contributed by atoms with van der Waals surface area (Å²) in [6.07, 6.45) is 1.65. The number of nitrogens with one attached hydrogen (secondary N) is 1. The molecule has 32 heavy (non-hydrogen) atoms. The van der Waals surface area contributed by atoms with Gasteiger partial charge in [0.05, 0.1) is 18.9 Å². The van der Waals surface area contributed by atoms with E-state index in [0.29, 0.717) is 23.4 Å². The number of pyridine rings is 1. The lowest BCUT2D eigenvalue weighted by Crippen LogP contribution is -2.47. The highest BCUT2D eigenvalue weighted by Gasteiger charge is 2.20. The van der Waals surface area contributed by atoms with Crippen molar-refractivity contribution < 1.29 is 14.3 Å². The van der Waals surface area contributed by atoms with Gasteiger partial charge in [-0.15, -0.1) is 0 Å². The number of carbonyl (C=O) groups excluding carboxylic acids is 2. The molecule has 170 valence electrons. The van der Waals surface area contributed by atoms with E-state index in [1.54, 1.807) is 18.3 Å². The zero-order valence-corrected chi connectivity index (χ0v) is 18.6. The summed E-state index contributed by atoms with van der Waals surface area (Å²) in [6.45, 7) is 8.02. The minimum atomic E-state index is -0.108. The van der Waals surface area contributed by atoms with Crippen LogP contribution in [0.25, 0.3) is 11.3 Å². The Morgan fingerprint density at radius 2 is 1.69 bits per heavy atom. The van der Waals surface area contributed by atoms with Crippen LogP contribution in [0.2, 0.25) is 0 Å². The van der Waals surface area contributed by atoms with Crippen LogP contribution in [0.1, 0.15) is 20.7 Å². The average Bonchev–Trinajstić information content (AvgIpc) is 2.85. The number of nitrogens with zero attached hydrogens (tertiary/aromatic N) is 4. The van der Waals surface area contributed by atoms with E-state index in [2.05, 4.69) is 27.1 Å². The van der Waals surface area contributed by atoms with Gasteiger partial charge in [0.25, 0.3) is 11.8 Å². The molecule has 3 heterocycles. The molecule has 8 nitrogen and oxygen atoms in total. The summed E-state index contributed by atoms with van der Waals surface area (Å²) < 4.78 is 5.35. The number of rotatable bonds is 6. The summed E-state index contributed by atoms with van der Waals surface area (Å²) in [5.74, 6) is -0.0465. The van der Waals surface area contributed by atoms with Crippen LogP contribution in [0.15, 0.2) is 42.6 Å². The number of aromatic nitrogens is 1. The highest BCUT2D eigenvalue weighted by atomic mass is 16.5. The van der Waals surface area contributed by atoms with E-state index in [0.717, 1.165) is 64.6 Å². The highest BCUT2D eigenvalue weighted by molar-refractivity contribution is 5.96. The molecule has 0 bridgehead atoms. The molecule has 1 aromatic heterocycles. The number of piperazine rings is 1. The predicted octanol–water partition coefficient (Wildman–Crippen LogP) is 1.20. The van der Waals surface area contributed by atoms with Crippen molar-refractivity contribution in [2.24, 2.45) is 0 Å². The first-order valence-electron chi connectivity index (χ1n) is 11.2. The van der Waals surface area contributed by atoms with Gasteiger partial charge in [0.2, 0.25) is 0 Å². The molecular weight excluding hydrogens is 406 g/mol. The minimum Gasteiger partial charge on any atom is -0.379 e. The number of likely N-dealkylation sites (N-methyl/N-ethyl adjacent to an activating group) is 1. The van der Waals surface area contributed by atoms with Gasteiger partial charge in [0, 0.05) is 75.2 Å². The summed E-state index contributed by atoms with van der Waals surface area (Å²) >= 11 is 0. The fourth-order valence-electron chi connectivity index (χ4n) is 3.96. The summed E-state index contributed by atoms with van der Waals surface area (Å²) in [7, 11) is 2.07. The normalized spacial score (nSPS) is 17.8. The number of hydrogen-bond donors (Lipinski definition) is 1. The maximum Gasteiger partial charge on any atom is 0.253 e. The van der Waals surface area contributed by atoms with Crippen LogP contribution in [-0.2, 0) is 4.74 Å². The second-order valence-corrected chi connectivity index (χ2v) is 8.31. The molecule has 0 atom stereocenters. The molecule has 2 fully saturated rings. The predicted molar refractivity (Wildman–Crippen MR) is 123 cm³/mol. The lowest BCUT2D eigenvalue weighted by molar-refractivity contribution is 0.0383. The first-order chi connectivity index (χ1) is 15.6. The minimum absolute atomic E-state index is 0.0611. The lowest BCUT2D eigenvalue weighted by Gasteiger charge is -2.32. The average molecular weight is 438 g/mol. The second-order valence-electron chi connectivity index (χ2n) is 8.31. The number of amides is 2. The van der Waals surface area contributed by atoms with Gasteiger partial charge >= 0.3 is 0 Å². The van der Waals surface area contributed by atoms with Crippen molar-refractivity contribution in [2.45, 2.75) is 0 Å². The Balaban J connectivity index is 1.35. The van der Waals surface area contributed by atoms with Crippen LogP contribution < -0.4 is 5.32 Å². The Kier molecular flexibility index (Phi) is 7.47. The standard InChI is InChI=1S/C24H31N5O3/c1-27-10-12-29(13-11-27)24(31)20-4-2-19(3-5-20)22-18-21(6-7-25-22)23(30)26-8-9-28-14-16-32-17-15-28/h2-7,18H,8-17H2,1H3,(H,26,30). The topological polar surface area (TPSA) is 78.0 Å². The van der Waals surface area contributed by atoms with E-state index in [1.165, 1.54) is 0 Å². The number of hydrogen-bond acceptors (Lipinski definition) is 6. The Labute approximate surface area is 189 Å². The van der Waals surface area contributed by atoms with Crippen molar-refractivity contribution in [3.8, 4) is 11.3 Å². The number of carbonyl (C=O) groups is 2. The molecule has 2 saturated heterocycles. The van der Waals surface area contributed by atoms with Crippen molar-refractivity contribution in [1.82, 2.24) is 25.0 Å². The van der Waals surface area contributed by atoms with Crippen LogP contribution in [0.3, 0.4) is 0 Å². The van der Waals surface area contributed by atoms with Gasteiger partial charge in [-0.2, -0.15) is 0 Å². The fraction of sp³-hybridized carbons (Fsp3) is 0.458. The number of benzene rings is 1. The summed E-state index contributed by atoms with van der Waals surface area (Å²) in [5, 5.41) is 2.99. The molecule has 8 heteroatoms. The number of ether oxygens (including phenoxy) is 1. The molecular formula is C24H31N5O3. The van der Waals surface area contributed by atoms with Crippen LogP contribution in [0, 0.1) is 0 Å². The Morgan fingerprint density at radius 1 is 0.969 bits per heavy atom. The Bertz CT molecular complexity index is 919. The van der Waals surface area contributed by atoms with Crippen LogP contribution >= 0.6 is 0 Å². The molecule has 0 aliphatic carbocycles. The fourth-order valence-corrected chi connectivity index (χ4v) is 3.96. The van der Waals surface area contributed by atoms with Crippen molar-refractivity contribution >= 4 is 11.8 Å². The van der Waals surface area contributed by atoms with E-state index >= 15 is 0 Å². The van der Waals surface area contributed by atoms with E-state index in [-0.39, 0.29) is 11.8 Å². The molecule has 0 saturated carbocycles. The quantitative estimate of drug-likeness (QED) is 0.732. The first kappa shape index (κ1) is 22.4. The van der Waals surface area contributed by atoms with Crippen molar-refractivity contribution in [2.75, 3.05) is 72.6 Å². The molecule has 2 aliphatic heterocycles. The van der Waals surface area contributed by atoms with Crippen molar-refractivity contribution in [1.29, 1.82) is 0 Å². The third kappa shape index (κ3) is 5.70. The van der Waals surface area contributed by atoms with Crippen LogP contribution in [0.5, 0.6) is 0 Å². The SMILES string of the molecule is CN1CCN(C(=O)c2ccc(-c3cc(C(=O)NCCN4CCOCC4)ccn3)cc2)CC1. The third-order valence-corrected chi connectivity index (χ3v) is 6.06. The summed E-state index contributed by atoms with van der Waals surface area (Å²) in [4.78, 5) is 36.1. The maximum atomic E-state index is 12.7. The summed E-state index contributed by atoms with van der Waals surface area (Å²) in [6, 6.07) is 11.0. The molecule has 0 radical (unpaired) electrons. The second kappa shape index (κ2) is 10.7. The van der Waals surface area contributed by atoms with E-state index < -0.39 is 0 Å². The molecule has 2 aliphatic rings. The van der Waals surface area contributed by atoms with Gasteiger partial charge in [0.15, 0.2) is 0 Å². The molecule has 0 spiro atoms. The van der Waals surface area contributed by atoms with Crippen molar-refractivity contribution in [3.63, 3.8) is 0 Å². The van der Waals surface area contributed by atoms with Crippen LogP contribution in [0.4, 0.5) is 0 Å². The van der Waals surface area contributed by atoms with Gasteiger partial charge in [-0.1, -0.05) is 12.1 Å². The van der Waals surface area contributed by atoms with Gasteiger partial charge in [-0.3, -0.25) is 19.5 Å². The molecule has 1 N–H and O–H groups in total. The molecule has 2 aromatic rings. The van der Waals surface area contributed by atoms with Gasteiger partial charge < -0.3 is 19.9 Å². The molecule has 2 amide bonds. The smallest absolute Gasteiger partial charge is 0.253 e. The highest BCUT2D eigenvalue weighted by Crippen LogP contribution is 2.20. The molecule has 0 unspecified atom stereocenters. The zero-order chi connectivity index (χ0) is 22.3. The summed E-state index contributed by atoms with van der Waals surface area (Å²) in [5.41, 5.74) is 2.84. The monoisotopic (exact) mass is 437 g/mol. The third-order valence-electron chi connectivity index (χ3n) is 6.06. The van der Waals surface area contributed by atoms with Crippen molar-refractivity contribution in [3.05, 3.63) is 53.7 Å². The van der Waals surface area contributed by atoms with Gasteiger partial charge in [-0.25, -0.2) is 0 Å². The van der Waals surface area contributed by atoms with Crippen LogP contribution in [-0.4, -0.2) is 104 Å². The molecule has 4 rings (SSSR count). The zero-order valence-electron chi connectivity index (χ0n) is 18.6. The largest absolute Gasteiger partial charge is 0.379 e. The Morgan fingerprint density at radius 3 is 2.41 bits per heavy atom. The lowest BCUT2D eigenvalue weighted by atomic mass is 10.1. The molecule has 1 aromatic carbocycles. The van der Waals surface area contributed by atoms with E-state index in [9.17, 15) is 9.59 Å². The van der Waals surface area contributed by atoms with Gasteiger partial charge in [-0.05, 0) is 31.3 Å². The Hall–Kier alpha value is -2.81. The van der Waals surface area contributed by atoms with E-state index in [4.69, 9.17) is 4.74 Å². The van der Waals surface area contributed by atoms with Gasteiger partial charge in [0.1, 0.15) is 0 Å². The van der Waals surface area contributed by atoms with E-state index in [1.807, 2.05) is 29.2 Å². The first-order valence-corrected chi connectivity index (χ1v) is 11.2. The maximum absolute atomic E-state index is 12.7. The number of morpholine rings is 1.